The first-order valence-electron chi connectivity index (χ1n) is 18.4. The Kier molecular flexibility index (Phi) is 14.7. The van der Waals surface area contributed by atoms with Crippen molar-refractivity contribution in [1.29, 1.82) is 0 Å². The number of primary amides is 2. The Morgan fingerprint density at radius 1 is 0.607 bits per heavy atom. The van der Waals surface area contributed by atoms with Crippen LogP contribution in [0.25, 0.3) is 33.6 Å². The number of H-pyrrole nitrogens is 2. The second kappa shape index (κ2) is 18.9. The highest BCUT2D eigenvalue weighted by Gasteiger charge is 2.34. The highest BCUT2D eigenvalue weighted by molar-refractivity contribution is 5.88. The molecule has 302 valence electrons. The number of nitrogens with one attached hydrogen (secondary N) is 4. The molecule has 4 aromatic rings. The van der Waals surface area contributed by atoms with Crippen molar-refractivity contribution in [3.63, 3.8) is 0 Å². The van der Waals surface area contributed by atoms with Crippen molar-refractivity contribution in [3.8, 4) is 33.6 Å². The van der Waals surface area contributed by atoms with Gasteiger partial charge >= 0.3 is 24.1 Å². The number of aromatic amines is 2. The zero-order chi connectivity index (χ0) is 41.4. The van der Waals surface area contributed by atoms with Crippen molar-refractivity contribution < 1.29 is 38.1 Å². The Morgan fingerprint density at radius 3 is 1.43 bits per heavy atom. The second-order valence-electron chi connectivity index (χ2n) is 14.4. The third-order valence-corrected chi connectivity index (χ3v) is 10.0. The minimum Gasteiger partial charge on any atom is -0.379 e. The summed E-state index contributed by atoms with van der Waals surface area (Å²) >= 11 is 0. The molecule has 2 aromatic heterocycles. The largest absolute Gasteiger partial charge is 0.412 e. The molecule has 2 heterocycles. The third-order valence-electron chi connectivity index (χ3n) is 10.0. The molecular formula is C40H54N8O8. The van der Waals surface area contributed by atoms with E-state index in [1.807, 2.05) is 39.8 Å². The van der Waals surface area contributed by atoms with Gasteiger partial charge in [0.1, 0.15) is 23.7 Å². The Hall–Kier alpha value is -5.42. The molecule has 0 aliphatic heterocycles. The number of nitrogens with zero attached hydrogens (tertiary/aromatic N) is 2. The molecule has 2 aromatic carbocycles. The Balaban J connectivity index is 1.55. The molecule has 0 spiro atoms. The number of ether oxygens (including phenoxy) is 4. The summed E-state index contributed by atoms with van der Waals surface area (Å²) in [5, 5.41) is 6.49. The lowest BCUT2D eigenvalue weighted by molar-refractivity contribution is -0.144. The Bertz CT molecular complexity index is 1990. The van der Waals surface area contributed by atoms with E-state index in [0.29, 0.717) is 11.6 Å². The number of amides is 2. The number of nitrogens with two attached hydrogens (primary N) is 2. The van der Waals surface area contributed by atoms with Crippen LogP contribution in [0.15, 0.2) is 48.8 Å². The van der Waals surface area contributed by atoms with E-state index in [1.165, 1.54) is 14.2 Å². The van der Waals surface area contributed by atoms with E-state index in [0.717, 1.165) is 44.8 Å². The van der Waals surface area contributed by atoms with E-state index < -0.39 is 60.5 Å². The number of rotatable bonds is 17. The molecule has 0 fully saturated rings. The van der Waals surface area contributed by atoms with E-state index in [4.69, 9.17) is 20.9 Å². The SMILES string of the molecule is CO[C@H](C)[C@H](N[C@@H](c1ncc(-c2ccc(-c3ccc(-c4cnc([C@@H](N[C@@H](C(=O)OC(N)=O)[C@@H](C)OC)C(C)C)[nH]4)cc3)c(C)c2C)[nH]1)C(C)C)C(=O)OC(N)=O. The summed E-state index contributed by atoms with van der Waals surface area (Å²) in [5.41, 5.74) is 17.9. The maximum atomic E-state index is 12.7. The number of benzene rings is 2. The van der Waals surface area contributed by atoms with Gasteiger partial charge in [-0.05, 0) is 67.3 Å². The van der Waals surface area contributed by atoms with Crippen molar-refractivity contribution in [1.82, 2.24) is 30.6 Å². The first-order valence-corrected chi connectivity index (χ1v) is 18.4. The normalized spacial score (nSPS) is 14.9. The van der Waals surface area contributed by atoms with Crippen LogP contribution in [0.4, 0.5) is 9.59 Å². The van der Waals surface area contributed by atoms with E-state index in [-0.39, 0.29) is 11.8 Å². The molecule has 0 unspecified atom stereocenters. The monoisotopic (exact) mass is 774 g/mol. The summed E-state index contributed by atoms with van der Waals surface area (Å²) < 4.78 is 20.1. The average Bonchev–Trinajstić information content (AvgIpc) is 3.83. The lowest BCUT2D eigenvalue weighted by Gasteiger charge is -2.28. The maximum absolute atomic E-state index is 12.7. The molecule has 0 radical (unpaired) electrons. The molecule has 56 heavy (non-hydrogen) atoms. The number of hydrogen-bond donors (Lipinski definition) is 6. The summed E-state index contributed by atoms with van der Waals surface area (Å²) in [6.07, 6.45) is -0.0995. The topological polar surface area (TPSA) is 239 Å². The Labute approximate surface area is 326 Å². The summed E-state index contributed by atoms with van der Waals surface area (Å²) in [6, 6.07) is 9.52. The number of esters is 2. The van der Waals surface area contributed by atoms with Crippen molar-refractivity contribution in [2.45, 2.75) is 91.8 Å². The van der Waals surface area contributed by atoms with E-state index >= 15 is 0 Å². The molecule has 16 heteroatoms. The van der Waals surface area contributed by atoms with Crippen LogP contribution in [-0.2, 0) is 28.5 Å². The third kappa shape index (κ3) is 10.3. The van der Waals surface area contributed by atoms with Crippen molar-refractivity contribution >= 4 is 24.1 Å². The van der Waals surface area contributed by atoms with E-state index in [2.05, 4.69) is 78.2 Å². The maximum Gasteiger partial charge on any atom is 0.412 e. The van der Waals surface area contributed by atoms with Crippen molar-refractivity contribution in [2.24, 2.45) is 23.3 Å². The van der Waals surface area contributed by atoms with Crippen molar-refractivity contribution in [3.05, 3.63) is 71.6 Å². The second-order valence-corrected chi connectivity index (χ2v) is 14.4. The van der Waals surface area contributed by atoms with Gasteiger partial charge in [0.05, 0.1) is 48.1 Å². The minimum absolute atomic E-state index is 0.00230. The van der Waals surface area contributed by atoms with Gasteiger partial charge in [0.25, 0.3) is 0 Å². The number of methoxy groups -OCH3 is 2. The molecule has 0 bridgehead atoms. The molecule has 6 atom stereocenters. The van der Waals surface area contributed by atoms with Crippen LogP contribution >= 0.6 is 0 Å². The molecule has 0 aliphatic carbocycles. The number of carbonyl (C=O) groups is 4. The first kappa shape index (κ1) is 43.3. The van der Waals surface area contributed by atoms with Crippen LogP contribution in [0.1, 0.15) is 76.4 Å². The van der Waals surface area contributed by atoms with E-state index in [1.54, 1.807) is 26.2 Å². The minimum atomic E-state index is -1.19. The Morgan fingerprint density at radius 2 is 1.00 bits per heavy atom. The summed E-state index contributed by atoms with van der Waals surface area (Å²) in [4.78, 5) is 64.1. The lowest BCUT2D eigenvalue weighted by Crippen LogP contribution is -2.50. The van der Waals surface area contributed by atoms with Crippen LogP contribution in [0.3, 0.4) is 0 Å². The molecular weight excluding hydrogens is 720 g/mol. The van der Waals surface area contributed by atoms with Crippen molar-refractivity contribution in [2.75, 3.05) is 14.2 Å². The van der Waals surface area contributed by atoms with E-state index in [9.17, 15) is 19.2 Å². The van der Waals surface area contributed by atoms with Gasteiger partial charge in [-0.2, -0.15) is 0 Å². The highest BCUT2D eigenvalue weighted by Crippen LogP contribution is 2.34. The van der Waals surface area contributed by atoms with Gasteiger partial charge in [-0.3, -0.25) is 10.6 Å². The molecule has 0 saturated heterocycles. The predicted molar refractivity (Wildman–Crippen MR) is 210 cm³/mol. The summed E-state index contributed by atoms with van der Waals surface area (Å²) in [7, 11) is 2.93. The molecule has 0 saturated carbocycles. The lowest BCUT2D eigenvalue weighted by atomic mass is 9.92. The zero-order valence-electron chi connectivity index (χ0n) is 33.6. The fourth-order valence-electron chi connectivity index (χ4n) is 6.48. The van der Waals surface area contributed by atoms with Crippen LogP contribution in [0.5, 0.6) is 0 Å². The van der Waals surface area contributed by atoms with Gasteiger partial charge in [0.2, 0.25) is 0 Å². The van der Waals surface area contributed by atoms with Crippen LogP contribution < -0.4 is 22.1 Å². The molecule has 0 aliphatic rings. The van der Waals surface area contributed by atoms with Gasteiger partial charge in [-0.15, -0.1) is 0 Å². The van der Waals surface area contributed by atoms with Crippen LogP contribution in [0.2, 0.25) is 0 Å². The van der Waals surface area contributed by atoms with Gasteiger partial charge in [0.15, 0.2) is 0 Å². The van der Waals surface area contributed by atoms with Crippen LogP contribution in [0, 0.1) is 25.7 Å². The quantitative estimate of drug-likeness (QED) is 0.0586. The fourth-order valence-corrected chi connectivity index (χ4v) is 6.48. The van der Waals surface area contributed by atoms with Gasteiger partial charge in [-0.1, -0.05) is 64.1 Å². The number of imidazole rings is 2. The summed E-state index contributed by atoms with van der Waals surface area (Å²) in [5.74, 6) is -0.466. The molecule has 8 N–H and O–H groups in total. The van der Waals surface area contributed by atoms with Gasteiger partial charge < -0.3 is 40.4 Å². The number of aromatic nitrogens is 4. The van der Waals surface area contributed by atoms with Gasteiger partial charge in [0, 0.05) is 19.8 Å². The number of carbonyl (C=O) groups excluding carboxylic acids is 4. The first-order chi connectivity index (χ1) is 26.5. The summed E-state index contributed by atoms with van der Waals surface area (Å²) in [6.45, 7) is 15.5. The molecule has 4 rings (SSSR count). The molecule has 16 nitrogen and oxygen atoms in total. The average molecular weight is 775 g/mol. The number of hydrogen-bond acceptors (Lipinski definition) is 12. The van der Waals surface area contributed by atoms with Crippen LogP contribution in [-0.4, -0.2) is 82.6 Å². The zero-order valence-corrected chi connectivity index (χ0v) is 33.6. The standard InChI is InChI=1S/C40H54N8O8/c1-19(2)31(47-33(23(7)53-9)37(49)55-39(41)51)35-43-17-29(45-35)26-13-11-25(12-14-26)27-15-16-28(22(6)21(27)5)30-18-44-36(46-30)32(20(3)4)48-34(24(8)54-10)38(50)56-40(42)52/h11-20,23-24,31-34,47-48H,1-10H3,(H2,41,51)(H2,42,52)(H,43,45)(H,44,46)/t23-,24-,31+,32-,33-,34+/m1/s1. The molecule has 2 amide bonds. The van der Waals surface area contributed by atoms with Gasteiger partial charge in [-0.25, -0.2) is 29.1 Å². The smallest absolute Gasteiger partial charge is 0.379 e. The fraction of sp³-hybridized carbons (Fsp3) is 0.450. The highest BCUT2D eigenvalue weighted by atomic mass is 16.6. The predicted octanol–water partition coefficient (Wildman–Crippen LogP) is 5.37.